The number of hydrogen-bond acceptors (Lipinski definition) is 4. The van der Waals surface area contributed by atoms with Crippen molar-refractivity contribution in [2.75, 3.05) is 12.4 Å². The summed E-state index contributed by atoms with van der Waals surface area (Å²) in [6, 6.07) is 7.59. The van der Waals surface area contributed by atoms with E-state index in [1.165, 1.54) is 0 Å². The molecule has 2 aromatic rings. The Kier molecular flexibility index (Phi) is 4.12. The second kappa shape index (κ2) is 5.80. The van der Waals surface area contributed by atoms with Gasteiger partial charge in [0.25, 0.3) is 0 Å². The molecule has 0 aliphatic heterocycles. The molecule has 5 heteroatoms. The van der Waals surface area contributed by atoms with Gasteiger partial charge in [-0.15, -0.1) is 0 Å². The number of halogens is 1. The van der Waals surface area contributed by atoms with Crippen molar-refractivity contribution in [2.24, 2.45) is 0 Å². The second-order valence-electron chi connectivity index (χ2n) is 3.93. The highest BCUT2D eigenvalue weighted by atomic mass is 35.5. The summed E-state index contributed by atoms with van der Waals surface area (Å²) < 4.78 is 0. The lowest BCUT2D eigenvalue weighted by Crippen LogP contribution is -2.09. The number of benzene rings is 1. The van der Waals surface area contributed by atoms with Crippen molar-refractivity contribution < 1.29 is 0 Å². The average Bonchev–Trinajstić information content (AvgIpc) is 2.36. The first kappa shape index (κ1) is 12.8. The maximum absolute atomic E-state index is 6.08. The average molecular weight is 263 g/mol. The largest absolute Gasteiger partial charge is 0.340 e. The van der Waals surface area contributed by atoms with E-state index in [1.807, 2.05) is 38.2 Å². The molecule has 0 radical (unpaired) electrons. The van der Waals surface area contributed by atoms with E-state index in [1.54, 1.807) is 6.20 Å². The minimum absolute atomic E-state index is 0.643. The van der Waals surface area contributed by atoms with E-state index in [0.29, 0.717) is 6.54 Å². The Morgan fingerprint density at radius 2 is 2.11 bits per heavy atom. The van der Waals surface area contributed by atoms with Crippen LogP contribution in [0, 0.1) is 6.92 Å². The van der Waals surface area contributed by atoms with Crippen LogP contribution in [0.3, 0.4) is 0 Å². The quantitative estimate of drug-likeness (QED) is 0.890. The molecule has 0 amide bonds. The first-order valence-electron chi connectivity index (χ1n) is 5.69. The van der Waals surface area contributed by atoms with Crippen LogP contribution in [0.4, 0.5) is 11.5 Å². The second-order valence-corrected chi connectivity index (χ2v) is 4.33. The summed E-state index contributed by atoms with van der Waals surface area (Å²) in [6.07, 6.45) is 1.74. The lowest BCUT2D eigenvalue weighted by Gasteiger charge is -2.10. The predicted octanol–water partition coefficient (Wildman–Crippen LogP) is 2.90. The predicted molar refractivity (Wildman–Crippen MR) is 74.3 cm³/mol. The van der Waals surface area contributed by atoms with Gasteiger partial charge < -0.3 is 10.6 Å². The monoisotopic (exact) mass is 262 g/mol. The van der Waals surface area contributed by atoms with Crippen LogP contribution < -0.4 is 10.6 Å². The molecule has 2 N–H and O–H groups in total. The first-order valence-corrected chi connectivity index (χ1v) is 6.07. The Bertz CT molecular complexity index is 542. The molecule has 4 nitrogen and oxygen atoms in total. The fraction of sp³-hybridized carbons (Fsp3) is 0.231. The molecule has 0 bridgehead atoms. The van der Waals surface area contributed by atoms with Crippen LogP contribution in [-0.4, -0.2) is 17.0 Å². The summed E-state index contributed by atoms with van der Waals surface area (Å²) in [7, 11) is 1.87. The summed E-state index contributed by atoms with van der Waals surface area (Å²) in [4.78, 5) is 8.57. The van der Waals surface area contributed by atoms with Gasteiger partial charge in [0.15, 0.2) is 0 Å². The van der Waals surface area contributed by atoms with E-state index in [-0.39, 0.29) is 0 Å². The molecule has 18 heavy (non-hydrogen) atoms. The van der Waals surface area contributed by atoms with Gasteiger partial charge in [0, 0.05) is 16.9 Å². The van der Waals surface area contributed by atoms with Gasteiger partial charge in [0.2, 0.25) is 0 Å². The zero-order valence-corrected chi connectivity index (χ0v) is 11.1. The number of anilines is 2. The van der Waals surface area contributed by atoms with E-state index >= 15 is 0 Å². The normalized spacial score (nSPS) is 10.4. The minimum Gasteiger partial charge on any atom is -0.340 e. The zero-order chi connectivity index (χ0) is 13.0. The molecule has 0 aliphatic carbocycles. The number of rotatable bonds is 4. The van der Waals surface area contributed by atoms with Crippen molar-refractivity contribution in [1.82, 2.24) is 15.3 Å². The Hall–Kier alpha value is -1.65. The molecular weight excluding hydrogens is 248 g/mol. The van der Waals surface area contributed by atoms with Crippen molar-refractivity contribution in [3.63, 3.8) is 0 Å². The highest BCUT2D eigenvalue weighted by Crippen LogP contribution is 2.25. The van der Waals surface area contributed by atoms with Crippen LogP contribution in [0.2, 0.25) is 5.02 Å². The van der Waals surface area contributed by atoms with Gasteiger partial charge in [-0.1, -0.05) is 17.7 Å². The summed E-state index contributed by atoms with van der Waals surface area (Å²) in [5.74, 6) is 1.52. The Morgan fingerprint density at radius 3 is 2.89 bits per heavy atom. The molecule has 0 fully saturated rings. The number of nitrogens with zero attached hydrogens (tertiary/aromatic N) is 2. The number of hydrogen-bond donors (Lipinski definition) is 2. The third kappa shape index (κ3) is 2.97. The Labute approximate surface area is 111 Å². The molecular formula is C13H15ClN4. The third-order valence-corrected chi connectivity index (χ3v) is 2.98. The summed E-state index contributed by atoms with van der Waals surface area (Å²) in [6.45, 7) is 2.62. The third-order valence-electron chi connectivity index (χ3n) is 2.57. The van der Waals surface area contributed by atoms with Gasteiger partial charge in [0.05, 0.1) is 6.54 Å². The standard InChI is InChI=1S/C13H15ClN4/c1-9-10(14)4-3-5-11(9)17-12-6-7-16-13(18-12)8-15-2/h3-7,15H,8H2,1-2H3,(H,16,17,18). The zero-order valence-electron chi connectivity index (χ0n) is 10.4. The molecule has 0 unspecified atom stereocenters. The lowest BCUT2D eigenvalue weighted by molar-refractivity contribution is 0.759. The van der Waals surface area contributed by atoms with Gasteiger partial charge >= 0.3 is 0 Å². The van der Waals surface area contributed by atoms with Gasteiger partial charge in [0.1, 0.15) is 11.6 Å². The highest BCUT2D eigenvalue weighted by molar-refractivity contribution is 6.31. The fourth-order valence-corrected chi connectivity index (χ4v) is 1.77. The maximum atomic E-state index is 6.08. The molecule has 2 rings (SSSR count). The Balaban J connectivity index is 2.23. The molecule has 94 valence electrons. The van der Waals surface area contributed by atoms with Crippen molar-refractivity contribution in [3.8, 4) is 0 Å². The van der Waals surface area contributed by atoms with E-state index in [0.717, 1.165) is 27.9 Å². The summed E-state index contributed by atoms with van der Waals surface area (Å²) >= 11 is 6.08. The van der Waals surface area contributed by atoms with Crippen molar-refractivity contribution >= 4 is 23.1 Å². The van der Waals surface area contributed by atoms with Crippen molar-refractivity contribution in [3.05, 3.63) is 46.9 Å². The van der Waals surface area contributed by atoms with Gasteiger partial charge in [-0.3, -0.25) is 0 Å². The Morgan fingerprint density at radius 1 is 1.28 bits per heavy atom. The highest BCUT2D eigenvalue weighted by Gasteiger charge is 2.04. The van der Waals surface area contributed by atoms with Crippen molar-refractivity contribution in [2.45, 2.75) is 13.5 Å². The van der Waals surface area contributed by atoms with Crippen molar-refractivity contribution in [1.29, 1.82) is 0 Å². The summed E-state index contributed by atoms with van der Waals surface area (Å²) in [5, 5.41) is 7.01. The SMILES string of the molecule is CNCc1nccc(Nc2cccc(Cl)c2C)n1. The minimum atomic E-state index is 0.643. The van der Waals surface area contributed by atoms with Gasteiger partial charge in [-0.2, -0.15) is 0 Å². The number of aromatic nitrogens is 2. The van der Waals surface area contributed by atoms with E-state index in [9.17, 15) is 0 Å². The topological polar surface area (TPSA) is 49.8 Å². The first-order chi connectivity index (χ1) is 8.70. The van der Waals surface area contributed by atoms with Crippen LogP contribution in [-0.2, 0) is 6.54 Å². The molecule has 1 aromatic heterocycles. The molecule has 1 heterocycles. The molecule has 1 aromatic carbocycles. The van der Waals surface area contributed by atoms with Gasteiger partial charge in [-0.05, 0) is 37.7 Å². The van der Waals surface area contributed by atoms with Crippen LogP contribution in [0.15, 0.2) is 30.5 Å². The molecule has 0 saturated carbocycles. The van der Waals surface area contributed by atoms with E-state index in [4.69, 9.17) is 11.6 Å². The smallest absolute Gasteiger partial charge is 0.144 e. The molecule has 0 saturated heterocycles. The van der Waals surface area contributed by atoms with E-state index < -0.39 is 0 Å². The summed E-state index contributed by atoms with van der Waals surface area (Å²) in [5.41, 5.74) is 1.96. The van der Waals surface area contributed by atoms with Crippen LogP contribution in [0.5, 0.6) is 0 Å². The molecule has 0 atom stereocenters. The maximum Gasteiger partial charge on any atom is 0.144 e. The van der Waals surface area contributed by atoms with Gasteiger partial charge in [-0.25, -0.2) is 9.97 Å². The lowest BCUT2D eigenvalue weighted by atomic mass is 10.2. The molecule has 0 spiro atoms. The number of nitrogens with one attached hydrogen (secondary N) is 2. The van der Waals surface area contributed by atoms with Crippen LogP contribution >= 0.6 is 11.6 Å². The van der Waals surface area contributed by atoms with Crippen LogP contribution in [0.1, 0.15) is 11.4 Å². The van der Waals surface area contributed by atoms with E-state index in [2.05, 4.69) is 20.6 Å². The van der Waals surface area contributed by atoms with Crippen LogP contribution in [0.25, 0.3) is 0 Å². The fourth-order valence-electron chi connectivity index (χ4n) is 1.59. The molecule has 0 aliphatic rings.